The summed E-state index contributed by atoms with van der Waals surface area (Å²) in [6.45, 7) is 0. The second kappa shape index (κ2) is 4.39. The van der Waals surface area contributed by atoms with E-state index in [1.165, 1.54) is 12.5 Å². The first kappa shape index (κ1) is 10.7. The van der Waals surface area contributed by atoms with E-state index in [1.54, 1.807) is 13.2 Å². The van der Waals surface area contributed by atoms with Crippen LogP contribution in [0.15, 0.2) is 16.6 Å². The molecule has 0 atom stereocenters. The van der Waals surface area contributed by atoms with E-state index in [2.05, 4.69) is 21.2 Å². The van der Waals surface area contributed by atoms with Crippen LogP contribution in [-0.4, -0.2) is 13.2 Å². The number of benzene rings is 1. The number of rotatable bonds is 3. The summed E-state index contributed by atoms with van der Waals surface area (Å²) in [5.74, 6) is 0.280. The summed E-state index contributed by atoms with van der Waals surface area (Å²) in [5, 5.41) is 3.17. The van der Waals surface area contributed by atoms with Crippen molar-refractivity contribution in [2.24, 2.45) is 0 Å². The van der Waals surface area contributed by atoms with Crippen molar-refractivity contribution >= 4 is 21.6 Å². The Bertz CT molecular complexity index is 366. The number of methoxy groups -OCH3 is 1. The summed E-state index contributed by atoms with van der Waals surface area (Å²) >= 11 is 3.24. The molecule has 0 spiro atoms. The number of anilines is 1. The first-order valence-electron chi connectivity index (χ1n) is 5.00. The molecule has 0 bridgehead atoms. The van der Waals surface area contributed by atoms with Crippen LogP contribution in [-0.2, 0) is 0 Å². The first-order chi connectivity index (χ1) is 7.20. The lowest BCUT2D eigenvalue weighted by Gasteiger charge is -2.28. The molecule has 1 N–H and O–H groups in total. The molecule has 1 fully saturated rings. The second-order valence-corrected chi connectivity index (χ2v) is 4.65. The fraction of sp³-hybridized carbons (Fsp3) is 0.455. The summed E-state index contributed by atoms with van der Waals surface area (Å²) in [5.41, 5.74) is 0.477. The molecule has 1 aliphatic rings. The molecule has 0 heterocycles. The van der Waals surface area contributed by atoms with Crippen molar-refractivity contribution in [1.29, 1.82) is 0 Å². The number of ether oxygens (including phenoxy) is 1. The van der Waals surface area contributed by atoms with Crippen molar-refractivity contribution in [3.8, 4) is 5.75 Å². The van der Waals surface area contributed by atoms with Crippen LogP contribution in [0.3, 0.4) is 0 Å². The quantitative estimate of drug-likeness (QED) is 0.909. The predicted octanol–water partition coefficient (Wildman–Crippen LogP) is 3.56. The third-order valence-corrected chi connectivity index (χ3v) is 3.15. The van der Waals surface area contributed by atoms with Crippen LogP contribution in [0.2, 0.25) is 0 Å². The van der Waals surface area contributed by atoms with E-state index in [9.17, 15) is 4.39 Å². The lowest BCUT2D eigenvalue weighted by Crippen LogP contribution is -2.27. The standard InChI is InChI=1S/C11H13BrFNO/c1-15-10-6-7(12)5-9(13)11(10)14-8-3-2-4-8/h5-6,8,14H,2-4H2,1H3. The van der Waals surface area contributed by atoms with E-state index in [0.29, 0.717) is 22.0 Å². The van der Waals surface area contributed by atoms with E-state index < -0.39 is 0 Å². The molecule has 1 aliphatic carbocycles. The molecule has 1 aromatic rings. The van der Waals surface area contributed by atoms with Gasteiger partial charge in [-0.2, -0.15) is 0 Å². The summed E-state index contributed by atoms with van der Waals surface area (Å²) in [6.07, 6.45) is 3.44. The van der Waals surface area contributed by atoms with Crippen molar-refractivity contribution in [1.82, 2.24) is 0 Å². The van der Waals surface area contributed by atoms with Crippen LogP contribution in [0, 0.1) is 5.82 Å². The average Bonchev–Trinajstić information content (AvgIpc) is 2.12. The molecule has 0 amide bonds. The van der Waals surface area contributed by atoms with Gasteiger partial charge in [0.15, 0.2) is 5.82 Å². The lowest BCUT2D eigenvalue weighted by molar-refractivity contribution is 0.405. The van der Waals surface area contributed by atoms with Crippen molar-refractivity contribution in [2.75, 3.05) is 12.4 Å². The number of hydrogen-bond donors (Lipinski definition) is 1. The smallest absolute Gasteiger partial charge is 0.151 e. The SMILES string of the molecule is COc1cc(Br)cc(F)c1NC1CCC1. The maximum atomic E-state index is 13.6. The van der Waals surface area contributed by atoms with Gasteiger partial charge in [0.05, 0.1) is 7.11 Å². The summed E-state index contributed by atoms with van der Waals surface area (Å²) in [4.78, 5) is 0. The minimum Gasteiger partial charge on any atom is -0.494 e. The van der Waals surface area contributed by atoms with E-state index in [0.717, 1.165) is 12.8 Å². The van der Waals surface area contributed by atoms with E-state index in [-0.39, 0.29) is 5.82 Å². The minimum absolute atomic E-state index is 0.270. The van der Waals surface area contributed by atoms with Crippen LogP contribution in [0.5, 0.6) is 5.75 Å². The van der Waals surface area contributed by atoms with Gasteiger partial charge in [-0.05, 0) is 31.4 Å². The highest BCUT2D eigenvalue weighted by Gasteiger charge is 2.20. The molecule has 0 radical (unpaired) electrons. The lowest BCUT2D eigenvalue weighted by atomic mass is 9.93. The van der Waals surface area contributed by atoms with Gasteiger partial charge in [-0.15, -0.1) is 0 Å². The maximum Gasteiger partial charge on any atom is 0.151 e. The molecule has 0 aromatic heterocycles. The topological polar surface area (TPSA) is 21.3 Å². The molecule has 0 unspecified atom stereocenters. The molecule has 0 aliphatic heterocycles. The average molecular weight is 274 g/mol. The zero-order chi connectivity index (χ0) is 10.8. The molecular weight excluding hydrogens is 261 g/mol. The zero-order valence-electron chi connectivity index (χ0n) is 8.52. The van der Waals surface area contributed by atoms with Gasteiger partial charge in [-0.1, -0.05) is 15.9 Å². The highest BCUT2D eigenvalue weighted by Crippen LogP contribution is 2.34. The Hall–Kier alpha value is -0.770. The van der Waals surface area contributed by atoms with Gasteiger partial charge in [0.25, 0.3) is 0 Å². The molecule has 2 rings (SSSR count). The van der Waals surface area contributed by atoms with Gasteiger partial charge in [0.1, 0.15) is 11.4 Å². The third-order valence-electron chi connectivity index (χ3n) is 2.69. The normalized spacial score (nSPS) is 15.9. The Balaban J connectivity index is 2.26. The van der Waals surface area contributed by atoms with Gasteiger partial charge in [-0.3, -0.25) is 0 Å². The van der Waals surface area contributed by atoms with Crippen LogP contribution in [0.4, 0.5) is 10.1 Å². The fourth-order valence-electron chi connectivity index (χ4n) is 1.61. The van der Waals surface area contributed by atoms with Gasteiger partial charge in [-0.25, -0.2) is 4.39 Å². The summed E-state index contributed by atoms with van der Waals surface area (Å²) in [7, 11) is 1.55. The van der Waals surface area contributed by atoms with Crippen molar-refractivity contribution in [3.05, 3.63) is 22.4 Å². The first-order valence-corrected chi connectivity index (χ1v) is 5.79. The molecule has 1 aromatic carbocycles. The molecule has 82 valence electrons. The Morgan fingerprint density at radius 1 is 1.47 bits per heavy atom. The highest BCUT2D eigenvalue weighted by atomic mass is 79.9. The van der Waals surface area contributed by atoms with Gasteiger partial charge in [0.2, 0.25) is 0 Å². The summed E-state index contributed by atoms with van der Waals surface area (Å²) < 4.78 is 19.5. The molecular formula is C11H13BrFNO. The predicted molar refractivity (Wildman–Crippen MR) is 61.9 cm³/mol. The largest absolute Gasteiger partial charge is 0.494 e. The molecule has 0 saturated heterocycles. The van der Waals surface area contributed by atoms with E-state index in [4.69, 9.17) is 4.74 Å². The van der Waals surface area contributed by atoms with Gasteiger partial charge in [0, 0.05) is 10.5 Å². The molecule has 1 saturated carbocycles. The number of halogens is 2. The summed E-state index contributed by atoms with van der Waals surface area (Å²) in [6, 6.07) is 3.61. The Labute approximate surface area is 96.9 Å². The van der Waals surface area contributed by atoms with Crippen LogP contribution in [0.1, 0.15) is 19.3 Å². The van der Waals surface area contributed by atoms with Crippen molar-refractivity contribution in [3.63, 3.8) is 0 Å². The van der Waals surface area contributed by atoms with E-state index in [1.807, 2.05) is 0 Å². The molecule has 15 heavy (non-hydrogen) atoms. The fourth-order valence-corrected chi connectivity index (χ4v) is 2.02. The number of nitrogens with one attached hydrogen (secondary N) is 1. The third kappa shape index (κ3) is 2.25. The Kier molecular flexibility index (Phi) is 3.14. The van der Waals surface area contributed by atoms with Crippen molar-refractivity contribution in [2.45, 2.75) is 25.3 Å². The monoisotopic (exact) mass is 273 g/mol. The van der Waals surface area contributed by atoms with Crippen LogP contribution in [0.25, 0.3) is 0 Å². The maximum absolute atomic E-state index is 13.6. The Morgan fingerprint density at radius 2 is 2.20 bits per heavy atom. The number of hydrogen-bond acceptors (Lipinski definition) is 2. The molecule has 4 heteroatoms. The van der Waals surface area contributed by atoms with Crippen LogP contribution < -0.4 is 10.1 Å². The van der Waals surface area contributed by atoms with Crippen LogP contribution >= 0.6 is 15.9 Å². The zero-order valence-corrected chi connectivity index (χ0v) is 10.1. The van der Waals surface area contributed by atoms with Gasteiger partial charge < -0.3 is 10.1 Å². The molecule has 2 nitrogen and oxygen atoms in total. The minimum atomic E-state index is -0.270. The highest BCUT2D eigenvalue weighted by molar-refractivity contribution is 9.10. The van der Waals surface area contributed by atoms with Crippen molar-refractivity contribution < 1.29 is 9.13 Å². The van der Waals surface area contributed by atoms with E-state index >= 15 is 0 Å². The van der Waals surface area contributed by atoms with Gasteiger partial charge >= 0.3 is 0 Å². The second-order valence-electron chi connectivity index (χ2n) is 3.74. The Morgan fingerprint density at radius 3 is 2.73 bits per heavy atom.